The highest BCUT2D eigenvalue weighted by Gasteiger charge is 2.27. The smallest absolute Gasteiger partial charge is 0.323 e. The number of carbonyl (C=O) groups excluding carboxylic acids is 1. The minimum absolute atomic E-state index is 0. The van der Waals surface area contributed by atoms with Crippen LogP contribution >= 0.6 is 36.4 Å². The van der Waals surface area contributed by atoms with E-state index < -0.39 is 21.7 Å². The Morgan fingerprint density at radius 1 is 1.21 bits per heavy atom. The van der Waals surface area contributed by atoms with Crippen molar-refractivity contribution in [3.8, 4) is 5.75 Å². The molecular formula is C25H33Cl3N4O5S. The summed E-state index contributed by atoms with van der Waals surface area (Å²) in [6.07, 6.45) is 5.11. The van der Waals surface area contributed by atoms with Crippen LogP contribution in [-0.4, -0.2) is 58.3 Å². The van der Waals surface area contributed by atoms with Crippen molar-refractivity contribution in [3.05, 3.63) is 64.7 Å². The van der Waals surface area contributed by atoms with Crippen molar-refractivity contribution >= 4 is 70.0 Å². The number of esters is 1. The van der Waals surface area contributed by atoms with Crippen LogP contribution in [-0.2, 0) is 19.6 Å². The third-order valence-corrected chi connectivity index (χ3v) is 7.43. The Morgan fingerprint density at radius 2 is 1.92 bits per heavy atom. The SMILES string of the molecule is CCOC(=O)CS(=O)(=O)N(C/C=C/c1cccc(C(=N)N)c1)c1ccc(OC2CCNCC2)c(Cl)c1.Cl.Cl. The highest BCUT2D eigenvalue weighted by atomic mass is 35.5. The minimum atomic E-state index is -4.08. The topological polar surface area (TPSA) is 135 Å². The molecule has 1 aliphatic rings. The molecule has 0 atom stereocenters. The summed E-state index contributed by atoms with van der Waals surface area (Å²) in [7, 11) is -4.08. The molecule has 1 fully saturated rings. The molecule has 0 aliphatic carbocycles. The number of anilines is 1. The van der Waals surface area contributed by atoms with Gasteiger partial charge in [0.25, 0.3) is 0 Å². The maximum atomic E-state index is 13.2. The Hall–Kier alpha value is -2.50. The minimum Gasteiger partial charge on any atom is -0.489 e. The van der Waals surface area contributed by atoms with E-state index in [1.807, 2.05) is 6.07 Å². The quantitative estimate of drug-likeness (QED) is 0.200. The van der Waals surface area contributed by atoms with E-state index >= 15 is 0 Å². The van der Waals surface area contributed by atoms with Gasteiger partial charge in [-0.3, -0.25) is 14.5 Å². The van der Waals surface area contributed by atoms with E-state index in [0.717, 1.165) is 35.8 Å². The van der Waals surface area contributed by atoms with Gasteiger partial charge in [0.05, 0.1) is 23.9 Å². The molecule has 0 radical (unpaired) electrons. The third kappa shape index (κ3) is 9.67. The van der Waals surface area contributed by atoms with Crippen molar-refractivity contribution in [2.24, 2.45) is 5.73 Å². The van der Waals surface area contributed by atoms with Gasteiger partial charge in [0.2, 0.25) is 10.0 Å². The number of sulfonamides is 1. The number of piperidine rings is 1. The highest BCUT2D eigenvalue weighted by molar-refractivity contribution is 7.93. The number of benzene rings is 2. The van der Waals surface area contributed by atoms with Gasteiger partial charge in [-0.05, 0) is 62.7 Å². The fraction of sp³-hybridized carbons (Fsp3) is 0.360. The first-order valence-electron chi connectivity index (χ1n) is 11.6. The molecule has 1 heterocycles. The predicted octanol–water partition coefficient (Wildman–Crippen LogP) is 4.01. The van der Waals surface area contributed by atoms with Gasteiger partial charge in [0, 0.05) is 5.56 Å². The van der Waals surface area contributed by atoms with Gasteiger partial charge < -0.3 is 20.5 Å². The summed E-state index contributed by atoms with van der Waals surface area (Å²) in [5.74, 6) is -1.23. The molecule has 0 saturated carbocycles. The van der Waals surface area contributed by atoms with E-state index in [2.05, 4.69) is 5.32 Å². The summed E-state index contributed by atoms with van der Waals surface area (Å²) >= 11 is 6.47. The highest BCUT2D eigenvalue weighted by Crippen LogP contribution is 2.32. The lowest BCUT2D eigenvalue weighted by atomic mass is 10.1. The molecule has 2 aromatic rings. The molecule has 13 heteroatoms. The second-order valence-electron chi connectivity index (χ2n) is 8.22. The molecule has 0 aromatic heterocycles. The number of nitrogen functional groups attached to an aromatic ring is 1. The molecular weight excluding hydrogens is 575 g/mol. The average Bonchev–Trinajstić information content (AvgIpc) is 2.83. The maximum absolute atomic E-state index is 13.2. The Bertz CT molecular complexity index is 1220. The molecule has 4 N–H and O–H groups in total. The number of nitrogens with one attached hydrogen (secondary N) is 2. The molecule has 0 bridgehead atoms. The van der Waals surface area contributed by atoms with Crippen molar-refractivity contribution in [1.82, 2.24) is 5.32 Å². The van der Waals surface area contributed by atoms with E-state index in [1.54, 1.807) is 49.4 Å². The van der Waals surface area contributed by atoms with E-state index in [0.29, 0.717) is 17.0 Å². The van der Waals surface area contributed by atoms with Crippen LogP contribution < -0.4 is 20.1 Å². The van der Waals surface area contributed by atoms with E-state index in [-0.39, 0.29) is 54.9 Å². The van der Waals surface area contributed by atoms with Crippen LogP contribution in [0, 0.1) is 5.41 Å². The van der Waals surface area contributed by atoms with Gasteiger partial charge in [-0.2, -0.15) is 0 Å². The average molecular weight is 608 g/mol. The summed E-state index contributed by atoms with van der Waals surface area (Å²) < 4.78 is 38.3. The van der Waals surface area contributed by atoms with Gasteiger partial charge in [-0.15, -0.1) is 24.8 Å². The lowest BCUT2D eigenvalue weighted by molar-refractivity contribution is -0.139. The molecule has 210 valence electrons. The summed E-state index contributed by atoms with van der Waals surface area (Å²) in [4.78, 5) is 12.0. The third-order valence-electron chi connectivity index (χ3n) is 5.50. The summed E-state index contributed by atoms with van der Waals surface area (Å²) in [6.45, 7) is 3.36. The van der Waals surface area contributed by atoms with E-state index in [4.69, 9.17) is 32.2 Å². The van der Waals surface area contributed by atoms with Gasteiger partial charge in [-0.25, -0.2) is 8.42 Å². The van der Waals surface area contributed by atoms with E-state index in [9.17, 15) is 13.2 Å². The number of hydrogen-bond acceptors (Lipinski definition) is 7. The van der Waals surface area contributed by atoms with Crippen LogP contribution in [0.1, 0.15) is 30.9 Å². The van der Waals surface area contributed by atoms with Gasteiger partial charge in [-0.1, -0.05) is 42.0 Å². The first-order valence-corrected chi connectivity index (χ1v) is 13.6. The fourth-order valence-corrected chi connectivity index (χ4v) is 5.24. The van der Waals surface area contributed by atoms with Crippen molar-refractivity contribution < 1.29 is 22.7 Å². The predicted molar refractivity (Wildman–Crippen MR) is 157 cm³/mol. The summed E-state index contributed by atoms with van der Waals surface area (Å²) in [5, 5.41) is 11.1. The molecule has 0 spiro atoms. The first-order chi connectivity index (χ1) is 17.2. The van der Waals surface area contributed by atoms with Crippen LogP contribution in [0.15, 0.2) is 48.5 Å². The van der Waals surface area contributed by atoms with E-state index in [1.165, 1.54) is 6.07 Å². The zero-order valence-corrected chi connectivity index (χ0v) is 24.1. The van der Waals surface area contributed by atoms with Crippen molar-refractivity contribution in [3.63, 3.8) is 0 Å². The lowest BCUT2D eigenvalue weighted by Gasteiger charge is -2.26. The second kappa shape index (κ2) is 15.8. The second-order valence-corrected chi connectivity index (χ2v) is 10.5. The van der Waals surface area contributed by atoms with Crippen molar-refractivity contribution in [2.75, 3.05) is 36.3 Å². The van der Waals surface area contributed by atoms with Crippen LogP contribution in [0.25, 0.3) is 6.08 Å². The lowest BCUT2D eigenvalue weighted by Crippen LogP contribution is -2.36. The van der Waals surface area contributed by atoms with Gasteiger partial charge >= 0.3 is 5.97 Å². The zero-order valence-electron chi connectivity index (χ0n) is 20.9. The molecule has 0 amide bonds. The van der Waals surface area contributed by atoms with Crippen molar-refractivity contribution in [1.29, 1.82) is 5.41 Å². The molecule has 3 rings (SSSR count). The molecule has 38 heavy (non-hydrogen) atoms. The normalized spacial score (nSPS) is 13.7. The Kier molecular flexibility index (Phi) is 13.9. The van der Waals surface area contributed by atoms with Crippen LogP contribution in [0.5, 0.6) is 5.75 Å². The standard InChI is InChI=1S/C25H31ClN4O5S.2ClH/c1-2-34-24(31)17-36(32,33)30(14-4-6-18-5-3-7-19(15-18)25(27)28)20-8-9-23(22(26)16-20)35-21-10-12-29-13-11-21;;/h3-9,15-16,21,29H,2,10-14,17H2,1H3,(H3,27,28);2*1H/b6-4+;;. The van der Waals surface area contributed by atoms with Gasteiger partial charge in [0.1, 0.15) is 17.7 Å². The fourth-order valence-electron chi connectivity index (χ4n) is 3.74. The Morgan fingerprint density at radius 3 is 2.55 bits per heavy atom. The Balaban J connectivity index is 0.00000361. The number of nitrogens with zero attached hydrogens (tertiary/aromatic N) is 1. The van der Waals surface area contributed by atoms with Gasteiger partial charge in [0.15, 0.2) is 5.75 Å². The number of amidine groups is 1. The van der Waals surface area contributed by atoms with Crippen LogP contribution in [0.2, 0.25) is 5.02 Å². The largest absolute Gasteiger partial charge is 0.489 e. The van der Waals surface area contributed by atoms with Crippen LogP contribution in [0.3, 0.4) is 0 Å². The monoisotopic (exact) mass is 606 g/mol. The summed E-state index contributed by atoms with van der Waals surface area (Å²) in [5.41, 5.74) is 7.15. The molecule has 1 saturated heterocycles. The molecule has 1 aliphatic heterocycles. The molecule has 0 unspecified atom stereocenters. The maximum Gasteiger partial charge on any atom is 0.323 e. The number of carbonyl (C=O) groups is 1. The molecule has 9 nitrogen and oxygen atoms in total. The van der Waals surface area contributed by atoms with Crippen molar-refractivity contribution in [2.45, 2.75) is 25.9 Å². The number of rotatable bonds is 11. The number of ether oxygens (including phenoxy) is 2. The summed E-state index contributed by atoms with van der Waals surface area (Å²) in [6, 6.07) is 11.8. The number of halogens is 3. The van der Waals surface area contributed by atoms with Crippen LogP contribution in [0.4, 0.5) is 5.69 Å². The first kappa shape index (κ1) is 33.5. The number of nitrogens with two attached hydrogens (primary N) is 1. The number of hydrogen-bond donors (Lipinski definition) is 3. The zero-order chi connectivity index (χ0) is 26.1. The Labute approximate surface area is 241 Å². The molecule has 2 aromatic carbocycles.